The molecule has 0 aromatic heterocycles. The molecule has 0 bridgehead atoms. The summed E-state index contributed by atoms with van der Waals surface area (Å²) in [4.78, 5) is 11.3. The SMILES string of the molecule is C=C(C)C[NH+](CC)Cc1ccc([O-])c([N+](=O)[O-])c1. The van der Waals surface area contributed by atoms with Gasteiger partial charge in [0.05, 0.1) is 18.0 Å². The number of benzene rings is 1. The Morgan fingerprint density at radius 1 is 1.50 bits per heavy atom. The number of quaternary nitrogens is 1. The summed E-state index contributed by atoms with van der Waals surface area (Å²) in [6.45, 7) is 10.3. The van der Waals surface area contributed by atoms with Crippen molar-refractivity contribution in [3.8, 4) is 5.75 Å². The second kappa shape index (κ2) is 6.16. The molecule has 0 radical (unpaired) electrons. The summed E-state index contributed by atoms with van der Waals surface area (Å²) in [5.74, 6) is -0.540. The van der Waals surface area contributed by atoms with Crippen molar-refractivity contribution in [2.45, 2.75) is 20.4 Å². The Bertz CT molecular complexity index is 458. The van der Waals surface area contributed by atoms with E-state index < -0.39 is 10.7 Å². The van der Waals surface area contributed by atoms with Crippen molar-refractivity contribution >= 4 is 5.69 Å². The molecule has 1 atom stereocenters. The molecular formula is C13H18N2O3. The molecule has 1 aromatic carbocycles. The van der Waals surface area contributed by atoms with Crippen LogP contribution < -0.4 is 10.0 Å². The fourth-order valence-corrected chi connectivity index (χ4v) is 1.84. The highest BCUT2D eigenvalue weighted by atomic mass is 16.6. The van der Waals surface area contributed by atoms with Gasteiger partial charge in [-0.15, -0.1) is 0 Å². The van der Waals surface area contributed by atoms with Gasteiger partial charge < -0.3 is 10.0 Å². The molecule has 98 valence electrons. The average Bonchev–Trinajstić information content (AvgIpc) is 2.29. The van der Waals surface area contributed by atoms with Crippen molar-refractivity contribution in [2.75, 3.05) is 13.1 Å². The summed E-state index contributed by atoms with van der Waals surface area (Å²) in [6.07, 6.45) is 0. The number of nitro groups is 1. The number of rotatable bonds is 6. The fraction of sp³-hybridized carbons (Fsp3) is 0.385. The molecule has 18 heavy (non-hydrogen) atoms. The van der Waals surface area contributed by atoms with Crippen molar-refractivity contribution in [1.29, 1.82) is 0 Å². The lowest BCUT2D eigenvalue weighted by Gasteiger charge is -2.18. The van der Waals surface area contributed by atoms with E-state index >= 15 is 0 Å². The maximum absolute atomic E-state index is 11.3. The number of nitro benzene ring substituents is 1. The number of hydrogen-bond acceptors (Lipinski definition) is 3. The molecule has 0 saturated carbocycles. The van der Waals surface area contributed by atoms with Gasteiger partial charge in [-0.05, 0) is 25.2 Å². The van der Waals surface area contributed by atoms with E-state index in [0.717, 1.165) is 24.2 Å². The fourth-order valence-electron chi connectivity index (χ4n) is 1.84. The molecule has 1 N–H and O–H groups in total. The second-order valence-corrected chi connectivity index (χ2v) is 4.47. The van der Waals surface area contributed by atoms with Crippen LogP contribution in [0.4, 0.5) is 5.69 Å². The first kappa shape index (κ1) is 14.2. The lowest BCUT2D eigenvalue weighted by molar-refractivity contribution is -0.907. The van der Waals surface area contributed by atoms with Crippen molar-refractivity contribution < 1.29 is 14.9 Å². The van der Waals surface area contributed by atoms with Crippen LogP contribution in [0.25, 0.3) is 0 Å². The van der Waals surface area contributed by atoms with Gasteiger partial charge in [-0.2, -0.15) is 0 Å². The monoisotopic (exact) mass is 250 g/mol. The van der Waals surface area contributed by atoms with E-state index in [0.29, 0.717) is 6.54 Å². The number of hydrogen-bond donors (Lipinski definition) is 1. The van der Waals surface area contributed by atoms with Crippen molar-refractivity contribution in [1.82, 2.24) is 0 Å². The van der Waals surface area contributed by atoms with Crippen LogP contribution in [0.3, 0.4) is 0 Å². The predicted octanol–water partition coefficient (Wildman–Crippen LogP) is 0.649. The van der Waals surface area contributed by atoms with Crippen molar-refractivity contribution in [3.63, 3.8) is 0 Å². The zero-order valence-electron chi connectivity index (χ0n) is 10.7. The molecule has 0 aliphatic rings. The lowest BCUT2D eigenvalue weighted by Crippen LogP contribution is -3.10. The summed E-state index contributed by atoms with van der Waals surface area (Å²) in [7, 11) is 0. The molecule has 0 fully saturated rings. The van der Waals surface area contributed by atoms with Gasteiger partial charge in [0.2, 0.25) is 0 Å². The highest BCUT2D eigenvalue weighted by molar-refractivity contribution is 5.46. The van der Waals surface area contributed by atoms with Crippen molar-refractivity contribution in [2.24, 2.45) is 0 Å². The Balaban J connectivity index is 2.87. The zero-order valence-corrected chi connectivity index (χ0v) is 10.7. The molecule has 5 heteroatoms. The van der Waals surface area contributed by atoms with E-state index in [1.165, 1.54) is 17.0 Å². The summed E-state index contributed by atoms with van der Waals surface area (Å²) >= 11 is 0. The van der Waals surface area contributed by atoms with E-state index in [9.17, 15) is 15.2 Å². The first-order chi connectivity index (χ1) is 8.43. The Labute approximate surface area is 107 Å². The van der Waals surface area contributed by atoms with E-state index in [2.05, 4.69) is 13.5 Å². The summed E-state index contributed by atoms with van der Waals surface area (Å²) in [6, 6.07) is 4.29. The molecule has 5 nitrogen and oxygen atoms in total. The molecule has 1 rings (SSSR count). The molecule has 0 aliphatic carbocycles. The molecule has 1 aromatic rings. The van der Waals surface area contributed by atoms with Crippen LogP contribution >= 0.6 is 0 Å². The Morgan fingerprint density at radius 2 is 2.17 bits per heavy atom. The lowest BCUT2D eigenvalue weighted by atomic mass is 10.1. The first-order valence-electron chi connectivity index (χ1n) is 5.86. The van der Waals surface area contributed by atoms with Crippen molar-refractivity contribution in [3.05, 3.63) is 46.0 Å². The summed E-state index contributed by atoms with van der Waals surface area (Å²) in [5.41, 5.74) is 1.53. The van der Waals surface area contributed by atoms with E-state index in [-0.39, 0.29) is 5.69 Å². The van der Waals surface area contributed by atoms with Gasteiger partial charge in [0.25, 0.3) is 5.69 Å². The number of nitrogens with one attached hydrogen (secondary N) is 1. The van der Waals surface area contributed by atoms with Gasteiger partial charge in [-0.25, -0.2) is 0 Å². The van der Waals surface area contributed by atoms with E-state index in [4.69, 9.17) is 0 Å². The zero-order chi connectivity index (χ0) is 13.7. The van der Waals surface area contributed by atoms with Crippen LogP contribution in [-0.4, -0.2) is 18.0 Å². The predicted molar refractivity (Wildman–Crippen MR) is 67.4 cm³/mol. The van der Waals surface area contributed by atoms with Gasteiger partial charge in [0.1, 0.15) is 6.54 Å². The Kier molecular flexibility index (Phi) is 4.85. The quantitative estimate of drug-likeness (QED) is 0.458. The minimum absolute atomic E-state index is 0.349. The van der Waals surface area contributed by atoms with Crippen LogP contribution in [-0.2, 0) is 6.54 Å². The normalized spacial score (nSPS) is 12.1. The minimum atomic E-state index is -0.629. The molecule has 0 saturated heterocycles. The summed E-state index contributed by atoms with van der Waals surface area (Å²) in [5, 5.41) is 22.0. The number of likely N-dealkylation sites (N-methyl/N-ethyl adjacent to an activating group) is 1. The highest BCUT2D eigenvalue weighted by Gasteiger charge is 2.12. The highest BCUT2D eigenvalue weighted by Crippen LogP contribution is 2.23. The average molecular weight is 250 g/mol. The topological polar surface area (TPSA) is 70.6 Å². The van der Waals surface area contributed by atoms with Crippen LogP contribution in [0.5, 0.6) is 5.75 Å². The molecular weight excluding hydrogens is 232 g/mol. The Hall–Kier alpha value is -1.88. The third-order valence-corrected chi connectivity index (χ3v) is 2.73. The van der Waals surface area contributed by atoms with Crippen LogP contribution in [0.1, 0.15) is 19.4 Å². The third kappa shape index (κ3) is 3.85. The van der Waals surface area contributed by atoms with Crippen LogP contribution in [0, 0.1) is 10.1 Å². The summed E-state index contributed by atoms with van der Waals surface area (Å²) < 4.78 is 0. The number of nitrogens with zero attached hydrogens (tertiary/aromatic N) is 1. The largest absolute Gasteiger partial charge is 0.868 e. The molecule has 0 spiro atoms. The minimum Gasteiger partial charge on any atom is -0.868 e. The van der Waals surface area contributed by atoms with E-state index in [1.54, 1.807) is 6.07 Å². The molecule has 0 amide bonds. The van der Waals surface area contributed by atoms with Gasteiger partial charge in [0.15, 0.2) is 0 Å². The molecule has 0 heterocycles. The third-order valence-electron chi connectivity index (χ3n) is 2.73. The van der Waals surface area contributed by atoms with Gasteiger partial charge >= 0.3 is 0 Å². The maximum atomic E-state index is 11.3. The van der Waals surface area contributed by atoms with Gasteiger partial charge in [-0.3, -0.25) is 10.1 Å². The van der Waals surface area contributed by atoms with Gasteiger partial charge in [-0.1, -0.05) is 18.7 Å². The standard InChI is InChI=1S/C13H18N2O3/c1-4-14(8-10(2)3)9-11-5-6-13(16)12(7-11)15(17)18/h5-7,16H,2,4,8-9H2,1,3H3. The first-order valence-corrected chi connectivity index (χ1v) is 5.86. The van der Waals surface area contributed by atoms with E-state index in [1.807, 2.05) is 6.92 Å². The smallest absolute Gasteiger partial charge is 0.262 e. The Morgan fingerprint density at radius 3 is 2.67 bits per heavy atom. The van der Waals surface area contributed by atoms with Crippen LogP contribution in [0.15, 0.2) is 30.4 Å². The molecule has 1 unspecified atom stereocenters. The molecule has 0 aliphatic heterocycles. The van der Waals surface area contributed by atoms with Gasteiger partial charge in [0, 0.05) is 11.6 Å². The second-order valence-electron chi connectivity index (χ2n) is 4.47. The maximum Gasteiger partial charge on any atom is 0.262 e. The van der Waals surface area contributed by atoms with Crippen LogP contribution in [0.2, 0.25) is 0 Å².